The van der Waals surface area contributed by atoms with Crippen molar-refractivity contribution < 1.29 is 4.74 Å². The quantitative estimate of drug-likeness (QED) is 0.774. The van der Waals surface area contributed by atoms with Crippen molar-refractivity contribution in [3.8, 4) is 0 Å². The van der Waals surface area contributed by atoms with Crippen LogP contribution in [0, 0.1) is 0 Å². The van der Waals surface area contributed by atoms with E-state index in [2.05, 4.69) is 24.3 Å². The van der Waals surface area contributed by atoms with E-state index < -0.39 is 0 Å². The topological polar surface area (TPSA) is 47.6 Å². The lowest BCUT2D eigenvalue weighted by Crippen LogP contribution is -2.48. The second-order valence-corrected chi connectivity index (χ2v) is 5.74. The molecule has 2 N–H and O–H groups in total. The zero-order valence-corrected chi connectivity index (χ0v) is 10.9. The van der Waals surface area contributed by atoms with Crippen LogP contribution < -0.4 is 5.73 Å². The molecule has 2 heterocycles. The minimum Gasteiger partial charge on any atom is -0.365 e. The van der Waals surface area contributed by atoms with Crippen LogP contribution in [-0.2, 0) is 4.74 Å². The Morgan fingerprint density at radius 1 is 1.21 bits per heavy atom. The maximum atomic E-state index is 6.14. The molecular formula is C16H18N2O. The molecule has 0 atom stereocenters. The van der Waals surface area contributed by atoms with Gasteiger partial charge >= 0.3 is 0 Å². The average Bonchev–Trinajstić information content (AvgIpc) is 2.83. The highest BCUT2D eigenvalue weighted by atomic mass is 16.5. The van der Waals surface area contributed by atoms with Gasteiger partial charge in [-0.05, 0) is 37.8 Å². The van der Waals surface area contributed by atoms with Gasteiger partial charge in [-0.3, -0.25) is 0 Å². The number of fused-ring (bicyclic) bond motifs is 4. The number of aliphatic imine (C=N–C) groups is 1. The fraction of sp³-hybridized carbons (Fsp3) is 0.438. The first-order valence-electron chi connectivity index (χ1n) is 7.07. The Kier molecular flexibility index (Phi) is 2.41. The number of hydrogen-bond acceptors (Lipinski definition) is 3. The zero-order valence-electron chi connectivity index (χ0n) is 10.9. The number of nitrogens with two attached hydrogens (primary N) is 1. The van der Waals surface area contributed by atoms with Crippen LogP contribution in [0.1, 0.15) is 31.2 Å². The number of benzene rings is 1. The first-order chi connectivity index (χ1) is 9.28. The van der Waals surface area contributed by atoms with Gasteiger partial charge in [0.25, 0.3) is 0 Å². The number of para-hydroxylation sites is 1. The largest absolute Gasteiger partial charge is 0.365 e. The van der Waals surface area contributed by atoms with Crippen molar-refractivity contribution in [1.82, 2.24) is 0 Å². The number of nitrogens with zero attached hydrogens (tertiary/aromatic N) is 1. The fourth-order valence-corrected chi connectivity index (χ4v) is 3.50. The second kappa shape index (κ2) is 4.02. The molecule has 1 fully saturated rings. The summed E-state index contributed by atoms with van der Waals surface area (Å²) in [5.74, 6) is 0. The maximum absolute atomic E-state index is 6.14. The van der Waals surface area contributed by atoms with Gasteiger partial charge in [0.2, 0.25) is 0 Å². The van der Waals surface area contributed by atoms with E-state index in [0.29, 0.717) is 12.6 Å². The SMILES string of the molecule is NC1CCC2(CC1)OCC=C1C2=Nc2ccccc21. The van der Waals surface area contributed by atoms with Crippen molar-refractivity contribution in [2.45, 2.75) is 37.3 Å². The maximum Gasteiger partial charge on any atom is 0.111 e. The third-order valence-electron chi connectivity index (χ3n) is 4.60. The van der Waals surface area contributed by atoms with Crippen molar-refractivity contribution >= 4 is 17.0 Å². The van der Waals surface area contributed by atoms with Crippen molar-refractivity contribution in [1.29, 1.82) is 0 Å². The lowest BCUT2D eigenvalue weighted by molar-refractivity contribution is -0.00721. The van der Waals surface area contributed by atoms with Crippen LogP contribution in [0.4, 0.5) is 5.69 Å². The van der Waals surface area contributed by atoms with Gasteiger partial charge < -0.3 is 10.5 Å². The van der Waals surface area contributed by atoms with Crippen molar-refractivity contribution in [2.24, 2.45) is 10.7 Å². The van der Waals surface area contributed by atoms with E-state index in [-0.39, 0.29) is 5.60 Å². The summed E-state index contributed by atoms with van der Waals surface area (Å²) < 4.78 is 6.14. The number of ether oxygens (including phenoxy) is 1. The van der Waals surface area contributed by atoms with Crippen LogP contribution in [-0.4, -0.2) is 24.0 Å². The molecule has 3 aliphatic rings. The van der Waals surface area contributed by atoms with Crippen molar-refractivity contribution in [2.75, 3.05) is 6.61 Å². The van der Waals surface area contributed by atoms with Gasteiger partial charge in [-0.2, -0.15) is 0 Å². The van der Waals surface area contributed by atoms with Crippen molar-refractivity contribution in [3.63, 3.8) is 0 Å². The Bertz CT molecular complexity index is 580. The minimum atomic E-state index is -0.182. The van der Waals surface area contributed by atoms with E-state index in [4.69, 9.17) is 15.5 Å². The van der Waals surface area contributed by atoms with E-state index in [1.54, 1.807) is 0 Å². The number of rotatable bonds is 0. The molecule has 1 aromatic carbocycles. The second-order valence-electron chi connectivity index (χ2n) is 5.74. The van der Waals surface area contributed by atoms with Crippen LogP contribution in [0.25, 0.3) is 5.57 Å². The zero-order chi connectivity index (χ0) is 12.9. The molecule has 3 heteroatoms. The predicted molar refractivity (Wildman–Crippen MR) is 76.6 cm³/mol. The van der Waals surface area contributed by atoms with Crippen LogP contribution in [0.15, 0.2) is 35.3 Å². The summed E-state index contributed by atoms with van der Waals surface area (Å²) in [5.41, 5.74) is 10.6. The summed E-state index contributed by atoms with van der Waals surface area (Å²) in [7, 11) is 0. The van der Waals surface area contributed by atoms with Crippen LogP contribution >= 0.6 is 0 Å². The molecule has 4 rings (SSSR count). The van der Waals surface area contributed by atoms with E-state index >= 15 is 0 Å². The monoisotopic (exact) mass is 254 g/mol. The third kappa shape index (κ3) is 1.62. The minimum absolute atomic E-state index is 0.182. The molecule has 3 nitrogen and oxygen atoms in total. The van der Waals surface area contributed by atoms with Gasteiger partial charge in [-0.1, -0.05) is 18.2 Å². The Morgan fingerprint density at radius 2 is 2.00 bits per heavy atom. The third-order valence-corrected chi connectivity index (χ3v) is 4.60. The Morgan fingerprint density at radius 3 is 2.84 bits per heavy atom. The summed E-state index contributed by atoms with van der Waals surface area (Å²) in [5, 5.41) is 0. The molecule has 1 saturated carbocycles. The Labute approximate surface area is 113 Å². The van der Waals surface area contributed by atoms with Gasteiger partial charge in [-0.15, -0.1) is 0 Å². The molecule has 0 unspecified atom stereocenters. The smallest absolute Gasteiger partial charge is 0.111 e. The highest BCUT2D eigenvalue weighted by Crippen LogP contribution is 2.45. The Balaban J connectivity index is 1.78. The summed E-state index contributed by atoms with van der Waals surface area (Å²) in [6, 6.07) is 8.70. The van der Waals surface area contributed by atoms with Gasteiger partial charge in [0, 0.05) is 17.2 Å². The van der Waals surface area contributed by atoms with Crippen LogP contribution in [0.5, 0.6) is 0 Å². The first-order valence-corrected chi connectivity index (χ1v) is 7.07. The van der Waals surface area contributed by atoms with Gasteiger partial charge in [0.15, 0.2) is 0 Å². The molecule has 0 bridgehead atoms. The molecule has 98 valence electrons. The normalized spacial score (nSPS) is 32.6. The van der Waals surface area contributed by atoms with E-state index in [9.17, 15) is 0 Å². The highest BCUT2D eigenvalue weighted by molar-refractivity contribution is 6.32. The molecule has 0 saturated heterocycles. The van der Waals surface area contributed by atoms with Gasteiger partial charge in [0.1, 0.15) is 5.60 Å². The average molecular weight is 254 g/mol. The lowest BCUT2D eigenvalue weighted by atomic mass is 9.75. The standard InChI is InChI=1S/C16H18N2O/c17-11-5-8-16(9-6-11)15-13(7-10-19-16)12-3-1-2-4-14(12)18-15/h1-4,7,11H,5-6,8-10,17H2. The van der Waals surface area contributed by atoms with Gasteiger partial charge in [0.05, 0.1) is 18.0 Å². The molecule has 0 amide bonds. The summed E-state index contributed by atoms with van der Waals surface area (Å²) in [6.45, 7) is 0.692. The predicted octanol–water partition coefficient (Wildman–Crippen LogP) is 2.83. The van der Waals surface area contributed by atoms with E-state index in [0.717, 1.165) is 37.1 Å². The van der Waals surface area contributed by atoms with Crippen molar-refractivity contribution in [3.05, 3.63) is 35.9 Å². The molecule has 0 aromatic heterocycles. The summed E-state index contributed by atoms with van der Waals surface area (Å²) in [4.78, 5) is 4.86. The first kappa shape index (κ1) is 11.4. The Hall–Kier alpha value is -1.45. The molecule has 19 heavy (non-hydrogen) atoms. The van der Waals surface area contributed by atoms with Crippen LogP contribution in [0.2, 0.25) is 0 Å². The molecule has 2 aliphatic heterocycles. The molecule has 1 aromatic rings. The molecule has 0 radical (unpaired) electrons. The fourth-order valence-electron chi connectivity index (χ4n) is 3.50. The highest BCUT2D eigenvalue weighted by Gasteiger charge is 2.45. The number of hydrogen-bond donors (Lipinski definition) is 1. The molecule has 1 aliphatic carbocycles. The molecule has 1 spiro atoms. The summed E-state index contributed by atoms with van der Waals surface area (Å²) >= 11 is 0. The van der Waals surface area contributed by atoms with E-state index in [1.165, 1.54) is 11.1 Å². The van der Waals surface area contributed by atoms with E-state index in [1.807, 2.05) is 6.07 Å². The van der Waals surface area contributed by atoms with Gasteiger partial charge in [-0.25, -0.2) is 4.99 Å². The van der Waals surface area contributed by atoms with Crippen LogP contribution in [0.3, 0.4) is 0 Å². The summed E-state index contributed by atoms with van der Waals surface area (Å²) in [6.07, 6.45) is 6.23. The lowest BCUT2D eigenvalue weighted by Gasteiger charge is -2.41. The molecular weight excluding hydrogens is 236 g/mol.